The van der Waals surface area contributed by atoms with Gasteiger partial charge in [-0.1, -0.05) is 12.1 Å². The van der Waals surface area contributed by atoms with Crippen LogP contribution in [-0.2, 0) is 6.18 Å². The van der Waals surface area contributed by atoms with Crippen molar-refractivity contribution in [2.75, 3.05) is 0 Å². The minimum atomic E-state index is -4.87. The Labute approximate surface area is 83.4 Å². The maximum absolute atomic E-state index is 12.6. The van der Waals surface area contributed by atoms with Crippen LogP contribution in [0.1, 0.15) is 15.2 Å². The van der Waals surface area contributed by atoms with E-state index in [9.17, 15) is 13.2 Å². The van der Waals surface area contributed by atoms with Crippen LogP contribution in [0.5, 0.6) is 0 Å². The Morgan fingerprint density at radius 3 is 2.43 bits per heavy atom. The van der Waals surface area contributed by atoms with Gasteiger partial charge in [-0.3, -0.25) is 0 Å². The number of hydrogen-bond acceptors (Lipinski definition) is 2. The van der Waals surface area contributed by atoms with E-state index in [1.54, 1.807) is 0 Å². The molecular weight excluding hydrogens is 196 g/mol. The summed E-state index contributed by atoms with van der Waals surface area (Å²) in [6.07, 6.45) is -4.87. The fourth-order valence-corrected chi connectivity index (χ4v) is 0.957. The quantitative estimate of drug-likeness (QED) is 0.665. The first kappa shape index (κ1) is 7.31. The summed E-state index contributed by atoms with van der Waals surface area (Å²) < 4.78 is 58.8. The maximum atomic E-state index is 12.6. The second kappa shape index (κ2) is 3.63. The van der Waals surface area contributed by atoms with E-state index < -0.39 is 36.7 Å². The SMILES string of the molecule is [2H]C([2H])([2H])c1ccc(B(O)O)cc1C(F)(F)F. The predicted molar refractivity (Wildman–Crippen MR) is 46.0 cm³/mol. The van der Waals surface area contributed by atoms with Gasteiger partial charge in [0.1, 0.15) is 0 Å². The summed E-state index contributed by atoms with van der Waals surface area (Å²) in [6, 6.07) is 2.08. The van der Waals surface area contributed by atoms with Crippen LogP contribution in [0, 0.1) is 6.85 Å². The van der Waals surface area contributed by atoms with E-state index in [4.69, 9.17) is 14.2 Å². The molecule has 1 rings (SSSR count). The Morgan fingerprint density at radius 1 is 1.36 bits per heavy atom. The molecule has 0 aromatic heterocycles. The second-order valence-electron chi connectivity index (χ2n) is 2.68. The van der Waals surface area contributed by atoms with Crippen molar-refractivity contribution in [3.05, 3.63) is 29.3 Å². The lowest BCUT2D eigenvalue weighted by atomic mass is 9.79. The molecule has 0 saturated carbocycles. The van der Waals surface area contributed by atoms with Gasteiger partial charge in [0.05, 0.1) is 5.56 Å². The van der Waals surface area contributed by atoms with Crippen LogP contribution in [0.15, 0.2) is 18.2 Å². The number of benzene rings is 1. The summed E-state index contributed by atoms with van der Waals surface area (Å²) in [7, 11) is -2.08. The second-order valence-corrected chi connectivity index (χ2v) is 2.68. The summed E-state index contributed by atoms with van der Waals surface area (Å²) in [4.78, 5) is 0. The molecule has 0 aliphatic heterocycles. The highest BCUT2D eigenvalue weighted by atomic mass is 19.4. The van der Waals surface area contributed by atoms with Crippen LogP contribution in [0.3, 0.4) is 0 Å². The van der Waals surface area contributed by atoms with Gasteiger partial charge in [0, 0.05) is 4.11 Å². The van der Waals surface area contributed by atoms with Crippen LogP contribution in [0.4, 0.5) is 13.2 Å². The molecule has 0 bridgehead atoms. The van der Waals surface area contributed by atoms with Gasteiger partial charge in [-0.25, -0.2) is 0 Å². The highest BCUT2D eigenvalue weighted by molar-refractivity contribution is 6.58. The Kier molecular flexibility index (Phi) is 1.89. The van der Waals surface area contributed by atoms with Crippen molar-refractivity contribution in [1.29, 1.82) is 0 Å². The highest BCUT2D eigenvalue weighted by Gasteiger charge is 2.33. The molecule has 0 unspecified atom stereocenters. The molecule has 0 heterocycles. The van der Waals surface area contributed by atoms with E-state index in [0.29, 0.717) is 6.07 Å². The molecule has 0 fully saturated rings. The molecule has 14 heavy (non-hydrogen) atoms. The van der Waals surface area contributed by atoms with E-state index in [0.717, 1.165) is 12.1 Å². The third-order valence-electron chi connectivity index (χ3n) is 1.65. The number of rotatable bonds is 1. The predicted octanol–water partition coefficient (Wildman–Crippen LogP) is 0.694. The van der Waals surface area contributed by atoms with Crippen molar-refractivity contribution in [1.82, 2.24) is 0 Å². The lowest BCUT2D eigenvalue weighted by Crippen LogP contribution is -2.31. The average molecular weight is 207 g/mol. The monoisotopic (exact) mass is 207 g/mol. The summed E-state index contributed by atoms with van der Waals surface area (Å²) >= 11 is 0. The lowest BCUT2D eigenvalue weighted by Gasteiger charge is -2.11. The smallest absolute Gasteiger partial charge is 0.423 e. The normalized spacial score (nSPS) is 15.6. The van der Waals surface area contributed by atoms with E-state index >= 15 is 0 Å². The van der Waals surface area contributed by atoms with Crippen LogP contribution >= 0.6 is 0 Å². The van der Waals surface area contributed by atoms with E-state index in [1.165, 1.54) is 0 Å². The first-order valence-corrected chi connectivity index (χ1v) is 3.61. The fraction of sp³-hybridized carbons (Fsp3) is 0.250. The first-order valence-electron chi connectivity index (χ1n) is 5.11. The van der Waals surface area contributed by atoms with E-state index in [2.05, 4.69) is 0 Å². The van der Waals surface area contributed by atoms with Gasteiger partial charge in [-0.2, -0.15) is 13.2 Å². The number of hydrogen-bond donors (Lipinski definition) is 2. The molecule has 2 nitrogen and oxygen atoms in total. The van der Waals surface area contributed by atoms with E-state index in [1.807, 2.05) is 0 Å². The van der Waals surface area contributed by atoms with Crippen molar-refractivity contribution in [2.45, 2.75) is 13.0 Å². The zero-order chi connectivity index (χ0) is 13.4. The molecule has 0 radical (unpaired) electrons. The van der Waals surface area contributed by atoms with Crippen molar-refractivity contribution in [3.63, 3.8) is 0 Å². The molecule has 0 amide bonds. The van der Waals surface area contributed by atoms with Crippen molar-refractivity contribution >= 4 is 12.6 Å². The van der Waals surface area contributed by atoms with E-state index in [-0.39, 0.29) is 0 Å². The van der Waals surface area contributed by atoms with Gasteiger partial charge in [0.15, 0.2) is 0 Å². The first-order chi connectivity index (χ1) is 7.53. The van der Waals surface area contributed by atoms with Crippen LogP contribution in [0.2, 0.25) is 0 Å². The molecule has 0 saturated heterocycles. The standard InChI is InChI=1S/C8H8BF3O2/c1-5-2-3-6(9(13)14)4-7(5)8(10,11)12/h2-4,13-14H,1H3/i1D3. The third kappa shape index (κ3) is 2.27. The van der Waals surface area contributed by atoms with Crippen LogP contribution in [-0.4, -0.2) is 17.2 Å². The summed E-state index contributed by atoms with van der Waals surface area (Å²) in [5.41, 5.74) is -2.66. The zero-order valence-electron chi connectivity index (χ0n) is 9.84. The Hall–Kier alpha value is -1.01. The van der Waals surface area contributed by atoms with Gasteiger partial charge >= 0.3 is 13.3 Å². The molecule has 76 valence electrons. The molecule has 0 aliphatic carbocycles. The van der Waals surface area contributed by atoms with Gasteiger partial charge in [-0.05, 0) is 23.9 Å². The largest absolute Gasteiger partial charge is 0.488 e. The Balaban J connectivity index is 3.43. The molecule has 0 atom stereocenters. The van der Waals surface area contributed by atoms with Gasteiger partial charge < -0.3 is 10.0 Å². The third-order valence-corrected chi connectivity index (χ3v) is 1.65. The maximum Gasteiger partial charge on any atom is 0.488 e. The number of alkyl halides is 3. The average Bonchev–Trinajstić information content (AvgIpc) is 2.14. The lowest BCUT2D eigenvalue weighted by molar-refractivity contribution is -0.138. The fourth-order valence-electron chi connectivity index (χ4n) is 0.957. The Morgan fingerprint density at radius 2 is 2.00 bits per heavy atom. The highest BCUT2D eigenvalue weighted by Crippen LogP contribution is 2.30. The molecular formula is C8H8BF3O2. The van der Waals surface area contributed by atoms with Gasteiger partial charge in [0.2, 0.25) is 0 Å². The summed E-state index contributed by atoms with van der Waals surface area (Å²) in [5, 5.41) is 17.5. The Bertz CT molecular complexity index is 417. The minimum Gasteiger partial charge on any atom is -0.423 e. The van der Waals surface area contributed by atoms with Crippen LogP contribution in [0.25, 0.3) is 0 Å². The molecule has 0 spiro atoms. The molecule has 6 heteroatoms. The topological polar surface area (TPSA) is 40.5 Å². The summed E-state index contributed by atoms with van der Waals surface area (Å²) in [5.74, 6) is 0. The molecule has 1 aromatic rings. The molecule has 0 aliphatic rings. The van der Waals surface area contributed by atoms with Gasteiger partial charge in [0.25, 0.3) is 0 Å². The van der Waals surface area contributed by atoms with Crippen LogP contribution < -0.4 is 5.46 Å². The molecule has 1 aromatic carbocycles. The molecule has 2 N–H and O–H groups in total. The minimum absolute atomic E-state index is 0.412. The number of halogens is 3. The van der Waals surface area contributed by atoms with Gasteiger partial charge in [-0.15, -0.1) is 0 Å². The summed E-state index contributed by atoms with van der Waals surface area (Å²) in [6.45, 7) is -2.91. The van der Waals surface area contributed by atoms with Crippen molar-refractivity contribution in [3.8, 4) is 0 Å². The van der Waals surface area contributed by atoms with Crippen molar-refractivity contribution in [2.24, 2.45) is 0 Å². The zero-order valence-corrected chi connectivity index (χ0v) is 6.84. The van der Waals surface area contributed by atoms with Crippen molar-refractivity contribution < 1.29 is 27.3 Å². The number of aryl methyl sites for hydroxylation is 1.